The smallest absolute Gasteiger partial charge is 0.223 e. The van der Waals surface area contributed by atoms with Crippen molar-refractivity contribution >= 4 is 11.6 Å². The second kappa shape index (κ2) is 8.77. The summed E-state index contributed by atoms with van der Waals surface area (Å²) in [5.74, 6) is 0.128. The van der Waals surface area contributed by atoms with E-state index >= 15 is 0 Å². The van der Waals surface area contributed by atoms with E-state index in [1.165, 1.54) is 24.8 Å². The number of pyridine rings is 1. The molecule has 0 radical (unpaired) electrons. The van der Waals surface area contributed by atoms with Crippen LogP contribution in [0.4, 0.5) is 5.69 Å². The summed E-state index contributed by atoms with van der Waals surface area (Å²) in [6.45, 7) is 5.23. The summed E-state index contributed by atoms with van der Waals surface area (Å²) in [7, 11) is 0. The lowest BCUT2D eigenvalue weighted by Gasteiger charge is -2.27. The molecule has 2 aromatic rings. The first-order valence-corrected chi connectivity index (χ1v) is 9.22. The average molecular weight is 337 g/mol. The van der Waals surface area contributed by atoms with E-state index in [-0.39, 0.29) is 5.91 Å². The molecular weight excluding hydrogens is 310 g/mol. The minimum absolute atomic E-state index is 0.128. The minimum Gasteiger partial charge on any atom is -0.312 e. The van der Waals surface area contributed by atoms with E-state index in [1.54, 1.807) is 6.92 Å². The Morgan fingerprint density at radius 1 is 1.00 bits per heavy atom. The number of para-hydroxylation sites is 1. The SMILES string of the molecule is CC(=O)N1CCCCCCN(Cc2ccccn2)Cc2ccccc21. The predicted octanol–water partition coefficient (Wildman–Crippen LogP) is 4.01. The summed E-state index contributed by atoms with van der Waals surface area (Å²) in [5.41, 5.74) is 3.37. The van der Waals surface area contributed by atoms with Crippen LogP contribution in [0.25, 0.3) is 0 Å². The molecule has 1 aromatic carbocycles. The largest absolute Gasteiger partial charge is 0.312 e. The summed E-state index contributed by atoms with van der Waals surface area (Å²) < 4.78 is 0. The lowest BCUT2D eigenvalue weighted by molar-refractivity contribution is -0.116. The van der Waals surface area contributed by atoms with Gasteiger partial charge in [0.25, 0.3) is 0 Å². The van der Waals surface area contributed by atoms with E-state index in [2.05, 4.69) is 34.1 Å². The molecular formula is C21H27N3O. The molecule has 2 heterocycles. The molecule has 0 N–H and O–H groups in total. The van der Waals surface area contributed by atoms with Crippen LogP contribution in [0.5, 0.6) is 0 Å². The quantitative estimate of drug-likeness (QED) is 0.831. The van der Waals surface area contributed by atoms with Gasteiger partial charge in [-0.25, -0.2) is 0 Å². The number of fused-ring (bicyclic) bond motifs is 1. The van der Waals surface area contributed by atoms with Gasteiger partial charge in [0.2, 0.25) is 5.91 Å². The fourth-order valence-electron chi connectivity index (χ4n) is 3.49. The number of amides is 1. The van der Waals surface area contributed by atoms with Gasteiger partial charge in [-0.1, -0.05) is 37.1 Å². The van der Waals surface area contributed by atoms with Gasteiger partial charge in [-0.2, -0.15) is 0 Å². The van der Waals surface area contributed by atoms with Crippen molar-refractivity contribution in [1.82, 2.24) is 9.88 Å². The van der Waals surface area contributed by atoms with Crippen LogP contribution in [0, 0.1) is 0 Å². The lowest BCUT2D eigenvalue weighted by atomic mass is 10.1. The highest BCUT2D eigenvalue weighted by Gasteiger charge is 2.18. The van der Waals surface area contributed by atoms with Gasteiger partial charge in [0.05, 0.1) is 5.69 Å². The fourth-order valence-corrected chi connectivity index (χ4v) is 3.49. The van der Waals surface area contributed by atoms with Crippen molar-refractivity contribution < 1.29 is 4.79 Å². The van der Waals surface area contributed by atoms with E-state index in [1.807, 2.05) is 29.3 Å². The first-order valence-electron chi connectivity index (χ1n) is 9.22. The molecule has 0 fully saturated rings. The highest BCUT2D eigenvalue weighted by atomic mass is 16.2. The van der Waals surface area contributed by atoms with Crippen molar-refractivity contribution in [2.75, 3.05) is 18.0 Å². The number of rotatable bonds is 2. The lowest BCUT2D eigenvalue weighted by Crippen LogP contribution is -2.31. The Morgan fingerprint density at radius 2 is 1.76 bits per heavy atom. The predicted molar refractivity (Wildman–Crippen MR) is 101 cm³/mol. The van der Waals surface area contributed by atoms with E-state index in [0.29, 0.717) is 0 Å². The third kappa shape index (κ3) is 4.89. The van der Waals surface area contributed by atoms with Crippen LogP contribution < -0.4 is 4.90 Å². The van der Waals surface area contributed by atoms with Gasteiger partial charge >= 0.3 is 0 Å². The van der Waals surface area contributed by atoms with Crippen molar-refractivity contribution in [2.24, 2.45) is 0 Å². The van der Waals surface area contributed by atoms with E-state index < -0.39 is 0 Å². The maximum Gasteiger partial charge on any atom is 0.223 e. The summed E-state index contributed by atoms with van der Waals surface area (Å²) >= 11 is 0. The van der Waals surface area contributed by atoms with Crippen LogP contribution in [0.2, 0.25) is 0 Å². The Hall–Kier alpha value is -2.20. The van der Waals surface area contributed by atoms with Gasteiger partial charge in [-0.05, 0) is 43.1 Å². The number of hydrogen-bond acceptors (Lipinski definition) is 3. The van der Waals surface area contributed by atoms with Crippen LogP contribution in [0.1, 0.15) is 43.9 Å². The molecule has 1 aliphatic rings. The van der Waals surface area contributed by atoms with E-state index in [9.17, 15) is 4.79 Å². The number of carbonyl (C=O) groups excluding carboxylic acids is 1. The number of nitrogens with zero attached hydrogens (tertiary/aromatic N) is 3. The topological polar surface area (TPSA) is 36.4 Å². The first-order chi connectivity index (χ1) is 12.2. The zero-order chi connectivity index (χ0) is 17.5. The van der Waals surface area contributed by atoms with Gasteiger partial charge in [0, 0.05) is 38.4 Å². The zero-order valence-corrected chi connectivity index (χ0v) is 15.0. The van der Waals surface area contributed by atoms with Gasteiger partial charge in [-0.3, -0.25) is 14.7 Å². The van der Waals surface area contributed by atoms with Crippen molar-refractivity contribution in [3.63, 3.8) is 0 Å². The maximum atomic E-state index is 12.2. The standard InChI is InChI=1S/C21H27N3O/c1-18(25)24-15-9-3-2-8-14-23(17-20-11-6-7-13-22-20)16-19-10-4-5-12-21(19)24/h4-7,10-13H,2-3,8-9,14-17H2,1H3. The van der Waals surface area contributed by atoms with Crippen molar-refractivity contribution in [2.45, 2.75) is 45.7 Å². The molecule has 4 nitrogen and oxygen atoms in total. The highest BCUT2D eigenvalue weighted by Crippen LogP contribution is 2.24. The summed E-state index contributed by atoms with van der Waals surface area (Å²) in [6, 6.07) is 14.4. The second-order valence-corrected chi connectivity index (χ2v) is 6.75. The van der Waals surface area contributed by atoms with Crippen molar-refractivity contribution in [1.29, 1.82) is 0 Å². The molecule has 0 atom stereocenters. The molecule has 3 rings (SSSR count). The molecule has 4 heteroatoms. The van der Waals surface area contributed by atoms with Crippen LogP contribution in [0.15, 0.2) is 48.7 Å². The molecule has 1 aliphatic heterocycles. The Balaban J connectivity index is 1.87. The average Bonchev–Trinajstić information content (AvgIpc) is 2.65. The molecule has 1 aromatic heterocycles. The van der Waals surface area contributed by atoms with Gasteiger partial charge < -0.3 is 4.90 Å². The van der Waals surface area contributed by atoms with Crippen LogP contribution >= 0.6 is 0 Å². The molecule has 0 saturated heterocycles. The molecule has 25 heavy (non-hydrogen) atoms. The van der Waals surface area contributed by atoms with Crippen molar-refractivity contribution in [3.05, 3.63) is 59.9 Å². The molecule has 132 valence electrons. The van der Waals surface area contributed by atoms with Crippen LogP contribution in [-0.4, -0.2) is 28.9 Å². The van der Waals surface area contributed by atoms with Gasteiger partial charge in [0.15, 0.2) is 0 Å². The third-order valence-corrected chi connectivity index (χ3v) is 4.77. The molecule has 0 saturated carbocycles. The number of carbonyl (C=O) groups is 1. The first kappa shape index (κ1) is 17.6. The van der Waals surface area contributed by atoms with E-state index in [0.717, 1.165) is 44.0 Å². The molecule has 0 aliphatic carbocycles. The number of benzene rings is 1. The number of hydrogen-bond donors (Lipinski definition) is 0. The number of anilines is 1. The number of aromatic nitrogens is 1. The fraction of sp³-hybridized carbons (Fsp3) is 0.429. The monoisotopic (exact) mass is 337 g/mol. The summed E-state index contributed by atoms with van der Waals surface area (Å²) in [4.78, 5) is 21.1. The maximum absolute atomic E-state index is 12.2. The van der Waals surface area contributed by atoms with Crippen LogP contribution in [0.3, 0.4) is 0 Å². The molecule has 0 bridgehead atoms. The Bertz CT molecular complexity index is 687. The highest BCUT2D eigenvalue weighted by molar-refractivity contribution is 5.92. The minimum atomic E-state index is 0.128. The normalized spacial score (nSPS) is 16.8. The third-order valence-electron chi connectivity index (χ3n) is 4.77. The second-order valence-electron chi connectivity index (χ2n) is 6.75. The summed E-state index contributed by atoms with van der Waals surface area (Å²) in [6.07, 6.45) is 6.49. The Labute approximate surface area is 150 Å². The van der Waals surface area contributed by atoms with Crippen LogP contribution in [-0.2, 0) is 17.9 Å². The van der Waals surface area contributed by atoms with E-state index in [4.69, 9.17) is 0 Å². The molecule has 0 unspecified atom stereocenters. The molecule has 0 spiro atoms. The molecule has 1 amide bonds. The Kier molecular flexibility index (Phi) is 6.18. The van der Waals surface area contributed by atoms with Gasteiger partial charge in [-0.15, -0.1) is 0 Å². The van der Waals surface area contributed by atoms with Gasteiger partial charge in [0.1, 0.15) is 0 Å². The van der Waals surface area contributed by atoms with Crippen molar-refractivity contribution in [3.8, 4) is 0 Å². The summed E-state index contributed by atoms with van der Waals surface area (Å²) in [5, 5.41) is 0. The Morgan fingerprint density at radius 3 is 2.52 bits per heavy atom. The zero-order valence-electron chi connectivity index (χ0n) is 15.0.